The maximum Gasteiger partial charge on any atom is 0.249 e. The number of rotatable bonds is 2. The molecular weight excluding hydrogens is 282 g/mol. The molecule has 1 aromatic rings. The van der Waals surface area contributed by atoms with Gasteiger partial charge in [-0.2, -0.15) is 0 Å². The zero-order chi connectivity index (χ0) is 14.9. The average Bonchev–Trinajstić information content (AvgIpc) is 3.08. The van der Waals surface area contributed by atoms with Gasteiger partial charge in [-0.1, -0.05) is 0 Å². The number of ether oxygens (including phenoxy) is 3. The third kappa shape index (κ3) is 2.54. The highest BCUT2D eigenvalue weighted by molar-refractivity contribution is 5.81. The molecule has 2 aliphatic heterocycles. The minimum atomic E-state index is -0.275. The van der Waals surface area contributed by atoms with Gasteiger partial charge in [-0.05, 0) is 55.4 Å². The summed E-state index contributed by atoms with van der Waals surface area (Å²) < 4.78 is 16.8. The molecule has 0 spiro atoms. The number of fused-ring (bicyclic) bond motifs is 2. The van der Waals surface area contributed by atoms with Crippen LogP contribution in [0.3, 0.4) is 0 Å². The van der Waals surface area contributed by atoms with Gasteiger partial charge in [0.05, 0.1) is 6.04 Å². The predicted molar refractivity (Wildman–Crippen MR) is 80.2 cm³/mol. The van der Waals surface area contributed by atoms with Gasteiger partial charge in [-0.25, -0.2) is 0 Å². The quantitative estimate of drug-likeness (QED) is 0.909. The molecule has 2 atom stereocenters. The van der Waals surface area contributed by atoms with Gasteiger partial charge in [0.1, 0.15) is 19.3 Å². The molecule has 2 heterocycles. The lowest BCUT2D eigenvalue weighted by Gasteiger charge is -2.29. The van der Waals surface area contributed by atoms with E-state index in [9.17, 15) is 4.79 Å². The van der Waals surface area contributed by atoms with Crippen LogP contribution < -0.4 is 14.8 Å². The smallest absolute Gasteiger partial charge is 0.249 e. The molecule has 0 saturated carbocycles. The number of hydrogen-bond acceptors (Lipinski definition) is 4. The zero-order valence-corrected chi connectivity index (χ0v) is 12.6. The van der Waals surface area contributed by atoms with Gasteiger partial charge >= 0.3 is 0 Å². The lowest BCUT2D eigenvalue weighted by atomic mass is 9.87. The summed E-state index contributed by atoms with van der Waals surface area (Å²) in [5, 5.41) is 3.16. The molecule has 1 amide bonds. The number of aryl methyl sites for hydroxylation is 1. The van der Waals surface area contributed by atoms with Crippen molar-refractivity contribution in [2.75, 3.05) is 19.8 Å². The molecular formula is C17H21NO4. The van der Waals surface area contributed by atoms with Gasteiger partial charge in [-0.3, -0.25) is 4.79 Å². The summed E-state index contributed by atoms with van der Waals surface area (Å²) in [4.78, 5) is 12.3. The van der Waals surface area contributed by atoms with E-state index >= 15 is 0 Å². The average molecular weight is 303 g/mol. The van der Waals surface area contributed by atoms with E-state index in [4.69, 9.17) is 14.2 Å². The molecule has 1 fully saturated rings. The van der Waals surface area contributed by atoms with E-state index in [1.165, 1.54) is 11.1 Å². The second kappa shape index (κ2) is 5.80. The standard InChI is InChI=1S/C17H21NO4/c19-17(14-5-2-6-20-14)18-13-4-1-3-11-9-15-16(10-12(11)13)22-8-7-21-15/h9-10,13-14H,1-8H2,(H,18,19). The van der Waals surface area contributed by atoms with Crippen LogP contribution >= 0.6 is 0 Å². The van der Waals surface area contributed by atoms with E-state index in [0.29, 0.717) is 19.8 Å². The summed E-state index contributed by atoms with van der Waals surface area (Å²) >= 11 is 0. The zero-order valence-electron chi connectivity index (χ0n) is 12.6. The Hall–Kier alpha value is -1.75. The monoisotopic (exact) mass is 303 g/mol. The Morgan fingerprint density at radius 2 is 1.86 bits per heavy atom. The van der Waals surface area contributed by atoms with Crippen molar-refractivity contribution >= 4 is 5.91 Å². The van der Waals surface area contributed by atoms with Gasteiger partial charge in [-0.15, -0.1) is 0 Å². The minimum Gasteiger partial charge on any atom is -0.486 e. The Morgan fingerprint density at radius 1 is 1.05 bits per heavy atom. The molecule has 118 valence electrons. The predicted octanol–water partition coefficient (Wildman–Crippen LogP) is 2.13. The van der Waals surface area contributed by atoms with Crippen LogP contribution in [0.25, 0.3) is 0 Å². The van der Waals surface area contributed by atoms with E-state index in [0.717, 1.165) is 43.6 Å². The molecule has 0 aromatic heterocycles. The molecule has 5 nitrogen and oxygen atoms in total. The second-order valence-corrected chi connectivity index (χ2v) is 6.15. The lowest BCUT2D eigenvalue weighted by molar-refractivity contribution is -0.130. The van der Waals surface area contributed by atoms with Crippen LogP contribution in [0.4, 0.5) is 0 Å². The fraction of sp³-hybridized carbons (Fsp3) is 0.588. The molecule has 1 aliphatic carbocycles. The van der Waals surface area contributed by atoms with Crippen molar-refractivity contribution in [2.24, 2.45) is 0 Å². The summed E-state index contributed by atoms with van der Waals surface area (Å²) in [7, 11) is 0. The normalized spacial score (nSPS) is 26.4. The number of amides is 1. The number of nitrogens with one attached hydrogen (secondary N) is 1. The number of benzene rings is 1. The van der Waals surface area contributed by atoms with Crippen LogP contribution in [0.5, 0.6) is 11.5 Å². The highest BCUT2D eigenvalue weighted by Gasteiger charge is 2.29. The van der Waals surface area contributed by atoms with Crippen LogP contribution in [0.15, 0.2) is 12.1 Å². The van der Waals surface area contributed by atoms with Crippen molar-refractivity contribution in [1.82, 2.24) is 5.32 Å². The van der Waals surface area contributed by atoms with Gasteiger partial charge in [0.15, 0.2) is 11.5 Å². The lowest BCUT2D eigenvalue weighted by Crippen LogP contribution is -2.38. The van der Waals surface area contributed by atoms with E-state index in [-0.39, 0.29) is 18.1 Å². The van der Waals surface area contributed by atoms with Gasteiger partial charge in [0, 0.05) is 6.61 Å². The molecule has 1 aromatic carbocycles. The highest BCUT2D eigenvalue weighted by Crippen LogP contribution is 2.39. The largest absolute Gasteiger partial charge is 0.486 e. The third-order valence-electron chi connectivity index (χ3n) is 4.66. The summed E-state index contributed by atoms with van der Waals surface area (Å²) in [5.41, 5.74) is 2.43. The van der Waals surface area contributed by atoms with Crippen molar-refractivity contribution in [2.45, 2.75) is 44.2 Å². The Balaban J connectivity index is 1.57. The first-order chi connectivity index (χ1) is 10.8. The maximum atomic E-state index is 12.3. The summed E-state index contributed by atoms with van der Waals surface area (Å²) in [5.74, 6) is 1.64. The Labute approximate surface area is 129 Å². The highest BCUT2D eigenvalue weighted by atomic mass is 16.6. The topological polar surface area (TPSA) is 56.8 Å². The second-order valence-electron chi connectivity index (χ2n) is 6.15. The van der Waals surface area contributed by atoms with Crippen molar-refractivity contribution in [1.29, 1.82) is 0 Å². The van der Waals surface area contributed by atoms with Crippen LogP contribution in [0.1, 0.15) is 42.9 Å². The van der Waals surface area contributed by atoms with Crippen LogP contribution in [0, 0.1) is 0 Å². The van der Waals surface area contributed by atoms with Gasteiger partial charge in [0.25, 0.3) is 0 Å². The molecule has 1 N–H and O–H groups in total. The van der Waals surface area contributed by atoms with Crippen molar-refractivity contribution in [3.8, 4) is 11.5 Å². The first-order valence-electron chi connectivity index (χ1n) is 8.15. The summed E-state index contributed by atoms with van der Waals surface area (Å²) in [6.45, 7) is 1.88. The molecule has 1 saturated heterocycles. The number of carbonyl (C=O) groups excluding carboxylic acids is 1. The summed E-state index contributed by atoms with van der Waals surface area (Å²) in [6, 6.07) is 4.17. The van der Waals surface area contributed by atoms with Gasteiger partial charge in [0.2, 0.25) is 5.91 Å². The molecule has 22 heavy (non-hydrogen) atoms. The minimum absolute atomic E-state index is 0.0187. The molecule has 4 rings (SSSR count). The maximum absolute atomic E-state index is 12.3. The van der Waals surface area contributed by atoms with Gasteiger partial charge < -0.3 is 19.5 Å². The molecule has 2 unspecified atom stereocenters. The Bertz CT molecular complexity index is 580. The van der Waals surface area contributed by atoms with Crippen molar-refractivity contribution in [3.05, 3.63) is 23.3 Å². The number of carbonyl (C=O) groups is 1. The van der Waals surface area contributed by atoms with E-state index in [2.05, 4.69) is 11.4 Å². The van der Waals surface area contributed by atoms with Crippen molar-refractivity contribution < 1.29 is 19.0 Å². The Kier molecular flexibility index (Phi) is 3.66. The first-order valence-corrected chi connectivity index (χ1v) is 8.15. The molecule has 3 aliphatic rings. The summed E-state index contributed by atoms with van der Waals surface area (Å²) in [6.07, 6.45) is 4.58. The fourth-order valence-electron chi connectivity index (χ4n) is 3.54. The number of hydrogen-bond donors (Lipinski definition) is 1. The van der Waals surface area contributed by atoms with Crippen LogP contribution in [0.2, 0.25) is 0 Å². The first kappa shape index (κ1) is 13.9. The fourth-order valence-corrected chi connectivity index (χ4v) is 3.54. The van der Waals surface area contributed by atoms with E-state index in [1.54, 1.807) is 0 Å². The van der Waals surface area contributed by atoms with Crippen molar-refractivity contribution in [3.63, 3.8) is 0 Å². The third-order valence-corrected chi connectivity index (χ3v) is 4.66. The van der Waals surface area contributed by atoms with E-state index in [1.807, 2.05) is 6.07 Å². The SMILES string of the molecule is O=C(NC1CCCc2cc3c(cc21)OCCO3)C1CCCO1. The van der Waals surface area contributed by atoms with Crippen LogP contribution in [-0.2, 0) is 16.0 Å². The molecule has 0 bridgehead atoms. The molecule has 5 heteroatoms. The van der Waals surface area contributed by atoms with Crippen LogP contribution in [-0.4, -0.2) is 31.8 Å². The Morgan fingerprint density at radius 3 is 2.64 bits per heavy atom. The molecule has 0 radical (unpaired) electrons. The van der Waals surface area contributed by atoms with E-state index < -0.39 is 0 Å².